The quantitative estimate of drug-likeness (QED) is 0.887. The van der Waals surface area contributed by atoms with Gasteiger partial charge in [0.05, 0.1) is 4.88 Å². The molecular formula is C13H13ClN4O3S. The van der Waals surface area contributed by atoms with Gasteiger partial charge in [-0.15, -0.1) is 0 Å². The topological polar surface area (TPSA) is 89.3 Å². The molecule has 0 spiro atoms. The van der Waals surface area contributed by atoms with Crippen LogP contribution in [-0.2, 0) is 0 Å². The van der Waals surface area contributed by atoms with Crippen LogP contribution in [0.3, 0.4) is 0 Å². The fourth-order valence-electron chi connectivity index (χ4n) is 3.04. The number of hydrogen-bond donors (Lipinski definition) is 2. The van der Waals surface area contributed by atoms with E-state index in [0.717, 1.165) is 12.8 Å². The molecule has 1 amide bonds. The van der Waals surface area contributed by atoms with Gasteiger partial charge in [0.1, 0.15) is 0 Å². The Morgan fingerprint density at radius 1 is 1.45 bits per heavy atom. The summed E-state index contributed by atoms with van der Waals surface area (Å²) >= 11 is 6.74. The molecule has 3 atom stereocenters. The van der Waals surface area contributed by atoms with Crippen molar-refractivity contribution in [2.45, 2.75) is 37.4 Å². The molecule has 0 aromatic carbocycles. The van der Waals surface area contributed by atoms with Crippen molar-refractivity contribution < 1.29 is 13.9 Å². The number of halogens is 1. The number of nitrogens with one attached hydrogen (secondary N) is 2. The van der Waals surface area contributed by atoms with Gasteiger partial charge in [-0.3, -0.25) is 4.79 Å². The lowest BCUT2D eigenvalue weighted by Crippen LogP contribution is -2.42. The van der Waals surface area contributed by atoms with Gasteiger partial charge < -0.3 is 19.8 Å². The SMILES string of the molecule is O=C(N[C@@H]1C[C@H]2CC[C@@H]1N2)c1ccc(Oc2nnc(Cl)o2)s1. The van der Waals surface area contributed by atoms with E-state index in [2.05, 4.69) is 20.8 Å². The average Bonchev–Trinajstić information content (AvgIpc) is 3.24. The highest BCUT2D eigenvalue weighted by atomic mass is 35.5. The Morgan fingerprint density at radius 2 is 2.36 bits per heavy atom. The van der Waals surface area contributed by atoms with Gasteiger partial charge in [0.15, 0.2) is 5.06 Å². The first-order valence-electron chi connectivity index (χ1n) is 7.01. The molecule has 2 aromatic heterocycles. The smallest absolute Gasteiger partial charge is 0.399 e. The Bertz CT molecular complexity index is 703. The van der Waals surface area contributed by atoms with E-state index >= 15 is 0 Å². The van der Waals surface area contributed by atoms with E-state index in [4.69, 9.17) is 20.8 Å². The van der Waals surface area contributed by atoms with Gasteiger partial charge in [0.2, 0.25) is 0 Å². The molecule has 2 aliphatic heterocycles. The molecule has 0 aliphatic carbocycles. The van der Waals surface area contributed by atoms with Gasteiger partial charge in [-0.2, -0.15) is 0 Å². The molecule has 2 bridgehead atoms. The molecule has 2 N–H and O–H groups in total. The van der Waals surface area contributed by atoms with Gasteiger partial charge in [-0.1, -0.05) is 21.5 Å². The first kappa shape index (κ1) is 14.0. The fraction of sp³-hybridized carbons (Fsp3) is 0.462. The van der Waals surface area contributed by atoms with Crippen molar-refractivity contribution in [3.63, 3.8) is 0 Å². The van der Waals surface area contributed by atoms with Crippen LogP contribution in [-0.4, -0.2) is 34.2 Å². The summed E-state index contributed by atoms with van der Waals surface area (Å²) in [5.74, 6) is -0.0808. The van der Waals surface area contributed by atoms with Crippen LogP contribution >= 0.6 is 22.9 Å². The van der Waals surface area contributed by atoms with Crippen molar-refractivity contribution in [2.24, 2.45) is 0 Å². The number of rotatable bonds is 4. The Kier molecular flexibility index (Phi) is 3.51. The summed E-state index contributed by atoms with van der Waals surface area (Å²) in [6, 6.07) is 4.59. The number of thiophene rings is 1. The molecule has 0 unspecified atom stereocenters. The molecule has 0 radical (unpaired) electrons. The zero-order chi connectivity index (χ0) is 15.1. The predicted molar refractivity (Wildman–Crippen MR) is 79.5 cm³/mol. The van der Waals surface area contributed by atoms with Crippen LogP contribution < -0.4 is 15.4 Å². The number of carbonyl (C=O) groups is 1. The molecule has 4 rings (SSSR count). The van der Waals surface area contributed by atoms with Crippen LogP contribution in [0.2, 0.25) is 5.35 Å². The number of aromatic nitrogens is 2. The van der Waals surface area contributed by atoms with Crippen molar-refractivity contribution in [3.8, 4) is 11.1 Å². The normalized spacial score (nSPS) is 26.3. The first-order valence-corrected chi connectivity index (χ1v) is 8.20. The van der Waals surface area contributed by atoms with Crippen molar-refractivity contribution in [3.05, 3.63) is 22.4 Å². The zero-order valence-electron chi connectivity index (χ0n) is 11.4. The minimum Gasteiger partial charge on any atom is -0.399 e. The monoisotopic (exact) mass is 340 g/mol. The number of hydrogen-bond acceptors (Lipinski definition) is 7. The number of carbonyl (C=O) groups excluding carboxylic acids is 1. The van der Waals surface area contributed by atoms with Crippen LogP contribution in [0.4, 0.5) is 0 Å². The van der Waals surface area contributed by atoms with E-state index in [1.165, 1.54) is 17.8 Å². The molecule has 2 aromatic rings. The molecule has 2 saturated heterocycles. The molecule has 4 heterocycles. The summed E-state index contributed by atoms with van der Waals surface area (Å²) < 4.78 is 10.3. The van der Waals surface area contributed by atoms with Crippen molar-refractivity contribution in [2.75, 3.05) is 0 Å². The Morgan fingerprint density at radius 3 is 3.05 bits per heavy atom. The van der Waals surface area contributed by atoms with Gasteiger partial charge in [-0.05, 0) is 43.0 Å². The van der Waals surface area contributed by atoms with Gasteiger partial charge in [0.25, 0.3) is 5.91 Å². The highest BCUT2D eigenvalue weighted by Gasteiger charge is 2.39. The molecule has 116 valence electrons. The third-order valence-corrected chi connectivity index (χ3v) is 5.11. The fourth-order valence-corrected chi connectivity index (χ4v) is 3.90. The summed E-state index contributed by atoms with van der Waals surface area (Å²) in [6.45, 7) is 0. The van der Waals surface area contributed by atoms with Crippen LogP contribution in [0.15, 0.2) is 16.5 Å². The molecule has 9 heteroatoms. The maximum Gasteiger partial charge on any atom is 0.422 e. The van der Waals surface area contributed by atoms with Crippen molar-refractivity contribution in [1.29, 1.82) is 0 Å². The van der Waals surface area contributed by atoms with Gasteiger partial charge in [0, 0.05) is 18.1 Å². The second-order valence-electron chi connectivity index (χ2n) is 5.40. The highest BCUT2D eigenvalue weighted by Crippen LogP contribution is 2.31. The summed E-state index contributed by atoms with van der Waals surface area (Å²) in [5, 5.41) is 14.1. The first-order chi connectivity index (χ1) is 10.7. The van der Waals surface area contributed by atoms with E-state index in [-0.39, 0.29) is 23.4 Å². The third kappa shape index (κ3) is 2.69. The number of amides is 1. The summed E-state index contributed by atoms with van der Waals surface area (Å²) in [6.07, 6.45) is 3.30. The maximum atomic E-state index is 12.3. The molecule has 22 heavy (non-hydrogen) atoms. The Labute approximate surface area is 135 Å². The lowest BCUT2D eigenvalue weighted by atomic mass is 9.95. The van der Waals surface area contributed by atoms with Crippen molar-refractivity contribution >= 4 is 28.8 Å². The Balaban J connectivity index is 1.39. The lowest BCUT2D eigenvalue weighted by molar-refractivity contribution is 0.0935. The molecular weight excluding hydrogens is 328 g/mol. The number of nitrogens with zero attached hydrogens (tertiary/aromatic N) is 2. The van der Waals surface area contributed by atoms with E-state index in [0.29, 0.717) is 22.0 Å². The highest BCUT2D eigenvalue weighted by molar-refractivity contribution is 7.15. The van der Waals surface area contributed by atoms with Crippen LogP contribution in [0.5, 0.6) is 11.1 Å². The third-order valence-electron chi connectivity index (χ3n) is 3.99. The van der Waals surface area contributed by atoms with E-state index < -0.39 is 0 Å². The molecule has 7 nitrogen and oxygen atoms in total. The molecule has 0 saturated carbocycles. The lowest BCUT2D eigenvalue weighted by Gasteiger charge is -2.20. The zero-order valence-corrected chi connectivity index (χ0v) is 13.0. The van der Waals surface area contributed by atoms with Crippen LogP contribution in [0.1, 0.15) is 28.9 Å². The van der Waals surface area contributed by atoms with Gasteiger partial charge in [-0.25, -0.2) is 0 Å². The Hall–Kier alpha value is -1.64. The number of ether oxygens (including phenoxy) is 1. The standard InChI is InChI=1S/C13H13ClN4O3S/c14-12-17-18-13(21-12)20-10-4-3-9(22-10)11(19)16-8-5-6-1-2-7(8)15-6/h3-4,6-8,15H,1-2,5H2,(H,16,19)/t6-,7+,8-/m1/s1. The second kappa shape index (κ2) is 5.53. The molecule has 2 aliphatic rings. The molecule has 2 fully saturated rings. The average molecular weight is 341 g/mol. The minimum atomic E-state index is -0.0895. The van der Waals surface area contributed by atoms with E-state index in [1.54, 1.807) is 12.1 Å². The van der Waals surface area contributed by atoms with E-state index in [9.17, 15) is 4.79 Å². The van der Waals surface area contributed by atoms with Crippen molar-refractivity contribution in [1.82, 2.24) is 20.8 Å². The number of fused-ring (bicyclic) bond motifs is 2. The summed E-state index contributed by atoms with van der Waals surface area (Å²) in [7, 11) is 0. The largest absolute Gasteiger partial charge is 0.422 e. The van der Waals surface area contributed by atoms with Crippen LogP contribution in [0.25, 0.3) is 0 Å². The van der Waals surface area contributed by atoms with Crippen LogP contribution in [0, 0.1) is 0 Å². The summed E-state index contributed by atoms with van der Waals surface area (Å²) in [4.78, 5) is 12.9. The second-order valence-corrected chi connectivity index (χ2v) is 6.77. The van der Waals surface area contributed by atoms with E-state index in [1.807, 2.05) is 0 Å². The minimum absolute atomic E-state index is 0.0453. The summed E-state index contributed by atoms with van der Waals surface area (Å²) in [5.41, 5.74) is 0. The predicted octanol–water partition coefficient (Wildman–Crippen LogP) is 2.20. The maximum absolute atomic E-state index is 12.3. The van der Waals surface area contributed by atoms with Gasteiger partial charge >= 0.3 is 11.4 Å².